The number of carbonyl (C=O) groups excluding carboxylic acids is 1. The molecular formula is C18H21N3O2S. The van der Waals surface area contributed by atoms with Crippen LogP contribution in [0.3, 0.4) is 0 Å². The molecule has 1 aliphatic heterocycles. The van der Waals surface area contributed by atoms with Crippen LogP contribution in [0, 0.1) is 0 Å². The zero-order valence-electron chi connectivity index (χ0n) is 13.9. The molecule has 1 aliphatic rings. The maximum Gasteiger partial charge on any atom is 0.257 e. The van der Waals surface area contributed by atoms with Crippen LogP contribution in [0.4, 0.5) is 11.4 Å². The van der Waals surface area contributed by atoms with Crippen molar-refractivity contribution >= 4 is 29.0 Å². The normalized spacial score (nSPS) is 16.7. The SMILES string of the molecule is CN(C)c1ccc(NC(=O)c2ccc(O[C@@H]3CCSC3)nc2)cc1. The Morgan fingerprint density at radius 2 is 2.04 bits per heavy atom. The van der Waals surface area contributed by atoms with Crippen LogP contribution in [0.5, 0.6) is 5.88 Å². The van der Waals surface area contributed by atoms with Crippen molar-refractivity contribution in [2.24, 2.45) is 0 Å². The molecule has 24 heavy (non-hydrogen) atoms. The van der Waals surface area contributed by atoms with Crippen LogP contribution in [0.25, 0.3) is 0 Å². The quantitative estimate of drug-likeness (QED) is 0.903. The van der Waals surface area contributed by atoms with Crippen molar-refractivity contribution in [1.29, 1.82) is 0 Å². The summed E-state index contributed by atoms with van der Waals surface area (Å²) in [6.45, 7) is 0. The molecule has 0 aliphatic carbocycles. The van der Waals surface area contributed by atoms with E-state index in [9.17, 15) is 4.79 Å². The summed E-state index contributed by atoms with van der Waals surface area (Å²) in [5.74, 6) is 2.54. The lowest BCUT2D eigenvalue weighted by molar-refractivity contribution is 0.102. The van der Waals surface area contributed by atoms with Gasteiger partial charge in [0.15, 0.2) is 0 Å². The van der Waals surface area contributed by atoms with Gasteiger partial charge in [-0.2, -0.15) is 11.8 Å². The van der Waals surface area contributed by atoms with Crippen molar-refractivity contribution in [1.82, 2.24) is 4.98 Å². The zero-order chi connectivity index (χ0) is 16.9. The number of thioether (sulfide) groups is 1. The van der Waals surface area contributed by atoms with Crippen molar-refractivity contribution in [2.75, 3.05) is 35.8 Å². The number of rotatable bonds is 5. The number of ether oxygens (including phenoxy) is 1. The van der Waals surface area contributed by atoms with Crippen molar-refractivity contribution < 1.29 is 9.53 Å². The minimum atomic E-state index is -0.178. The monoisotopic (exact) mass is 343 g/mol. The lowest BCUT2D eigenvalue weighted by Gasteiger charge is -2.13. The van der Waals surface area contributed by atoms with Gasteiger partial charge in [0, 0.05) is 43.5 Å². The molecular weight excluding hydrogens is 322 g/mol. The molecule has 5 nitrogen and oxygen atoms in total. The molecule has 6 heteroatoms. The van der Waals surface area contributed by atoms with E-state index in [1.807, 2.05) is 55.0 Å². The summed E-state index contributed by atoms with van der Waals surface area (Å²) in [6, 6.07) is 11.2. The number of anilines is 2. The summed E-state index contributed by atoms with van der Waals surface area (Å²) < 4.78 is 5.80. The number of nitrogens with zero attached hydrogens (tertiary/aromatic N) is 2. The molecule has 126 valence electrons. The van der Waals surface area contributed by atoms with Crippen LogP contribution in [0.1, 0.15) is 16.8 Å². The second-order valence-corrected chi connectivity index (χ2v) is 7.03. The average molecular weight is 343 g/mol. The van der Waals surface area contributed by atoms with Gasteiger partial charge in [-0.3, -0.25) is 4.79 Å². The van der Waals surface area contributed by atoms with Crippen LogP contribution in [-0.4, -0.2) is 42.6 Å². The minimum absolute atomic E-state index is 0.178. The number of hydrogen-bond donors (Lipinski definition) is 1. The Hall–Kier alpha value is -2.21. The fourth-order valence-electron chi connectivity index (χ4n) is 2.41. The minimum Gasteiger partial charge on any atom is -0.473 e. The zero-order valence-corrected chi connectivity index (χ0v) is 14.7. The molecule has 0 saturated carbocycles. The summed E-state index contributed by atoms with van der Waals surface area (Å²) in [4.78, 5) is 18.5. The molecule has 0 bridgehead atoms. The van der Waals surface area contributed by atoms with Gasteiger partial charge in [0.2, 0.25) is 5.88 Å². The van der Waals surface area contributed by atoms with Crippen LogP contribution in [0.15, 0.2) is 42.6 Å². The molecule has 1 atom stereocenters. The molecule has 2 aromatic rings. The van der Waals surface area contributed by atoms with E-state index in [-0.39, 0.29) is 12.0 Å². The van der Waals surface area contributed by atoms with Crippen molar-refractivity contribution in [2.45, 2.75) is 12.5 Å². The van der Waals surface area contributed by atoms with Gasteiger partial charge in [-0.05, 0) is 42.5 Å². The summed E-state index contributed by atoms with van der Waals surface area (Å²) in [5.41, 5.74) is 2.36. The second kappa shape index (κ2) is 7.57. The number of amides is 1. The smallest absolute Gasteiger partial charge is 0.257 e. The van der Waals surface area contributed by atoms with E-state index in [0.717, 1.165) is 29.3 Å². The number of hydrogen-bond acceptors (Lipinski definition) is 5. The topological polar surface area (TPSA) is 54.5 Å². The molecule has 1 aromatic carbocycles. The number of aromatic nitrogens is 1. The molecule has 0 unspecified atom stereocenters. The van der Waals surface area contributed by atoms with Crippen LogP contribution < -0.4 is 15.0 Å². The van der Waals surface area contributed by atoms with Gasteiger partial charge in [-0.25, -0.2) is 4.98 Å². The average Bonchev–Trinajstić information content (AvgIpc) is 3.09. The molecule has 0 radical (unpaired) electrons. The molecule has 1 aromatic heterocycles. The van der Waals surface area contributed by atoms with E-state index in [1.165, 1.54) is 0 Å². The molecule has 1 N–H and O–H groups in total. The van der Waals surface area contributed by atoms with Gasteiger partial charge < -0.3 is 15.0 Å². The lowest BCUT2D eigenvalue weighted by atomic mass is 10.2. The number of carbonyl (C=O) groups is 1. The second-order valence-electron chi connectivity index (χ2n) is 5.88. The fraction of sp³-hybridized carbons (Fsp3) is 0.333. The highest BCUT2D eigenvalue weighted by Gasteiger charge is 2.17. The third-order valence-corrected chi connectivity index (χ3v) is 4.95. The first-order chi connectivity index (χ1) is 11.6. The molecule has 0 spiro atoms. The van der Waals surface area contributed by atoms with E-state index in [0.29, 0.717) is 11.4 Å². The molecule has 1 fully saturated rings. The Morgan fingerprint density at radius 1 is 1.25 bits per heavy atom. The predicted octanol–water partition coefficient (Wildman–Crippen LogP) is 3.28. The molecule has 1 saturated heterocycles. The van der Waals surface area contributed by atoms with Gasteiger partial charge in [0.05, 0.1) is 5.56 Å². The van der Waals surface area contributed by atoms with E-state index in [4.69, 9.17) is 4.74 Å². The van der Waals surface area contributed by atoms with Gasteiger partial charge in [-0.1, -0.05) is 0 Å². The Balaban J connectivity index is 1.60. The fourth-order valence-corrected chi connectivity index (χ4v) is 3.50. The van der Waals surface area contributed by atoms with E-state index < -0.39 is 0 Å². The molecule has 2 heterocycles. The highest BCUT2D eigenvalue weighted by Crippen LogP contribution is 2.22. The Labute approximate surface area is 146 Å². The van der Waals surface area contributed by atoms with Crippen LogP contribution in [0.2, 0.25) is 0 Å². The van der Waals surface area contributed by atoms with Crippen molar-refractivity contribution in [3.05, 3.63) is 48.2 Å². The predicted molar refractivity (Wildman–Crippen MR) is 99.3 cm³/mol. The lowest BCUT2D eigenvalue weighted by Crippen LogP contribution is -2.16. The van der Waals surface area contributed by atoms with Gasteiger partial charge in [0.25, 0.3) is 5.91 Å². The third kappa shape index (κ3) is 4.20. The summed E-state index contributed by atoms with van der Waals surface area (Å²) in [6.07, 6.45) is 2.84. The van der Waals surface area contributed by atoms with Crippen LogP contribution >= 0.6 is 11.8 Å². The number of benzene rings is 1. The van der Waals surface area contributed by atoms with Gasteiger partial charge in [-0.15, -0.1) is 0 Å². The summed E-state index contributed by atoms with van der Waals surface area (Å²) in [5, 5.41) is 2.88. The van der Waals surface area contributed by atoms with Gasteiger partial charge >= 0.3 is 0 Å². The van der Waals surface area contributed by atoms with Crippen LogP contribution in [-0.2, 0) is 0 Å². The number of pyridine rings is 1. The first kappa shape index (κ1) is 16.6. The summed E-state index contributed by atoms with van der Waals surface area (Å²) in [7, 11) is 3.96. The van der Waals surface area contributed by atoms with Crippen molar-refractivity contribution in [3.63, 3.8) is 0 Å². The maximum absolute atomic E-state index is 12.3. The summed E-state index contributed by atoms with van der Waals surface area (Å²) >= 11 is 1.89. The molecule has 3 rings (SSSR count). The first-order valence-electron chi connectivity index (χ1n) is 7.91. The highest BCUT2D eigenvalue weighted by atomic mass is 32.2. The Bertz CT molecular complexity index is 680. The van der Waals surface area contributed by atoms with E-state index >= 15 is 0 Å². The number of nitrogens with one attached hydrogen (secondary N) is 1. The van der Waals surface area contributed by atoms with E-state index in [1.54, 1.807) is 18.3 Å². The Kier molecular flexibility index (Phi) is 5.25. The first-order valence-corrected chi connectivity index (χ1v) is 9.06. The largest absolute Gasteiger partial charge is 0.473 e. The van der Waals surface area contributed by atoms with Gasteiger partial charge in [0.1, 0.15) is 6.10 Å². The standard InChI is InChI=1S/C18H21N3O2S/c1-21(2)15-6-4-14(5-7-15)20-18(22)13-3-8-17(19-11-13)23-16-9-10-24-12-16/h3-8,11,16H,9-10,12H2,1-2H3,(H,20,22)/t16-/m1/s1. The third-order valence-electron chi connectivity index (χ3n) is 3.82. The van der Waals surface area contributed by atoms with Crippen molar-refractivity contribution in [3.8, 4) is 5.88 Å². The highest BCUT2D eigenvalue weighted by molar-refractivity contribution is 7.99. The molecule has 1 amide bonds. The Morgan fingerprint density at radius 3 is 2.62 bits per heavy atom. The maximum atomic E-state index is 12.3. The van der Waals surface area contributed by atoms with E-state index in [2.05, 4.69) is 10.3 Å².